The number of furan rings is 1. The first-order valence-electron chi connectivity index (χ1n) is 10.7. The van der Waals surface area contributed by atoms with Crippen molar-refractivity contribution < 1.29 is 28.6 Å². The Kier molecular flexibility index (Phi) is 6.65. The van der Waals surface area contributed by atoms with Gasteiger partial charge in [-0.3, -0.25) is 10.1 Å². The van der Waals surface area contributed by atoms with Gasteiger partial charge in [0.1, 0.15) is 12.6 Å². The Labute approximate surface area is 196 Å². The van der Waals surface area contributed by atoms with Gasteiger partial charge in [-0.1, -0.05) is 48.5 Å². The molecule has 0 saturated heterocycles. The van der Waals surface area contributed by atoms with Crippen LogP contribution in [0.3, 0.4) is 0 Å². The third kappa shape index (κ3) is 4.79. The van der Waals surface area contributed by atoms with Gasteiger partial charge < -0.3 is 24.5 Å². The molecule has 1 aliphatic carbocycles. The van der Waals surface area contributed by atoms with E-state index >= 15 is 0 Å². The number of likely N-dealkylation sites (N-methyl/N-ethyl adjacent to an activating group) is 1. The summed E-state index contributed by atoms with van der Waals surface area (Å²) in [4.78, 5) is 38.2. The number of benzene rings is 2. The van der Waals surface area contributed by atoms with E-state index in [1.807, 2.05) is 48.5 Å². The number of carbonyl (C=O) groups excluding carboxylic acids is 2. The standard InChI is InChI=1S/C25H25N3O6/c1-28(2)13-21(24(30)31)26-23(29)22-20(11-12-33-22)27-25(32)34-14-19-17-9-5-3-7-15(17)16-8-4-6-10-18(16)19/h3-12,19,21H,13-14H2,1-2H3,(H,26,29)(H,27,32)(H,30,31). The molecule has 1 unspecified atom stereocenters. The van der Waals surface area contributed by atoms with Crippen molar-refractivity contribution in [1.82, 2.24) is 10.2 Å². The maximum atomic E-state index is 12.6. The summed E-state index contributed by atoms with van der Waals surface area (Å²) in [5.74, 6) is -2.25. The fourth-order valence-corrected chi connectivity index (χ4v) is 4.10. The van der Waals surface area contributed by atoms with Crippen molar-refractivity contribution >= 4 is 23.7 Å². The Morgan fingerprint density at radius 2 is 1.65 bits per heavy atom. The monoisotopic (exact) mass is 463 g/mol. The summed E-state index contributed by atoms with van der Waals surface area (Å²) in [5, 5.41) is 14.2. The lowest BCUT2D eigenvalue weighted by Crippen LogP contribution is -2.47. The van der Waals surface area contributed by atoms with Crippen molar-refractivity contribution in [3.05, 3.63) is 77.7 Å². The highest BCUT2D eigenvalue weighted by atomic mass is 16.5. The van der Waals surface area contributed by atoms with E-state index in [4.69, 9.17) is 9.15 Å². The highest BCUT2D eigenvalue weighted by molar-refractivity contribution is 6.01. The predicted octanol–water partition coefficient (Wildman–Crippen LogP) is 3.39. The van der Waals surface area contributed by atoms with Gasteiger partial charge in [0, 0.05) is 18.5 Å². The van der Waals surface area contributed by atoms with E-state index in [2.05, 4.69) is 10.6 Å². The second-order valence-corrected chi connectivity index (χ2v) is 8.24. The number of ether oxygens (including phenoxy) is 1. The van der Waals surface area contributed by atoms with Crippen LogP contribution in [0.2, 0.25) is 0 Å². The number of anilines is 1. The molecule has 4 rings (SSSR count). The molecule has 34 heavy (non-hydrogen) atoms. The van der Waals surface area contributed by atoms with E-state index in [9.17, 15) is 19.5 Å². The normalized spacial score (nSPS) is 13.1. The number of hydrogen-bond acceptors (Lipinski definition) is 6. The molecule has 0 aliphatic heterocycles. The lowest BCUT2D eigenvalue weighted by molar-refractivity contribution is -0.139. The molecule has 0 saturated carbocycles. The third-order valence-electron chi connectivity index (χ3n) is 5.60. The van der Waals surface area contributed by atoms with E-state index in [1.54, 1.807) is 19.0 Å². The predicted molar refractivity (Wildman–Crippen MR) is 125 cm³/mol. The summed E-state index contributed by atoms with van der Waals surface area (Å²) in [6.07, 6.45) is 0.482. The van der Waals surface area contributed by atoms with Crippen LogP contribution in [-0.4, -0.2) is 61.3 Å². The second kappa shape index (κ2) is 9.80. The zero-order valence-electron chi connectivity index (χ0n) is 18.8. The van der Waals surface area contributed by atoms with Gasteiger partial charge in [0.15, 0.2) is 0 Å². The van der Waals surface area contributed by atoms with Crippen molar-refractivity contribution in [2.75, 3.05) is 32.6 Å². The quantitative estimate of drug-likeness (QED) is 0.468. The number of carbonyl (C=O) groups is 3. The smallest absolute Gasteiger partial charge is 0.411 e. The van der Waals surface area contributed by atoms with Crippen molar-refractivity contribution in [2.45, 2.75) is 12.0 Å². The minimum absolute atomic E-state index is 0.0868. The summed E-state index contributed by atoms with van der Waals surface area (Å²) < 4.78 is 10.7. The molecule has 0 radical (unpaired) electrons. The summed E-state index contributed by atoms with van der Waals surface area (Å²) >= 11 is 0. The van der Waals surface area contributed by atoms with Crippen LogP contribution in [0.1, 0.15) is 27.6 Å². The van der Waals surface area contributed by atoms with Crippen LogP contribution < -0.4 is 10.6 Å². The Morgan fingerprint density at radius 3 is 2.24 bits per heavy atom. The van der Waals surface area contributed by atoms with E-state index < -0.39 is 24.0 Å². The first kappa shape index (κ1) is 23.1. The van der Waals surface area contributed by atoms with Crippen LogP contribution in [0, 0.1) is 0 Å². The molecule has 1 heterocycles. The molecular formula is C25H25N3O6. The second-order valence-electron chi connectivity index (χ2n) is 8.24. The van der Waals surface area contributed by atoms with Gasteiger partial charge >= 0.3 is 12.1 Å². The van der Waals surface area contributed by atoms with Gasteiger partial charge in [0.2, 0.25) is 5.76 Å². The maximum absolute atomic E-state index is 12.6. The molecule has 9 heteroatoms. The number of hydrogen-bond donors (Lipinski definition) is 3. The van der Waals surface area contributed by atoms with Gasteiger partial charge in [-0.2, -0.15) is 0 Å². The maximum Gasteiger partial charge on any atom is 0.411 e. The summed E-state index contributed by atoms with van der Waals surface area (Å²) in [7, 11) is 3.39. The van der Waals surface area contributed by atoms with Gasteiger partial charge in [-0.25, -0.2) is 9.59 Å². The largest absolute Gasteiger partial charge is 0.480 e. The lowest BCUT2D eigenvalue weighted by Gasteiger charge is -2.18. The number of carboxylic acid groups (broad SMARTS) is 1. The summed E-state index contributed by atoms with van der Waals surface area (Å²) in [6, 6.07) is 16.3. The van der Waals surface area contributed by atoms with E-state index in [0.29, 0.717) is 0 Å². The Morgan fingerprint density at radius 1 is 1.03 bits per heavy atom. The number of fused-ring (bicyclic) bond motifs is 3. The van der Waals surface area contributed by atoms with Gasteiger partial charge in [-0.15, -0.1) is 0 Å². The minimum Gasteiger partial charge on any atom is -0.480 e. The topological polar surface area (TPSA) is 121 Å². The number of nitrogens with zero attached hydrogens (tertiary/aromatic N) is 1. The zero-order valence-corrected chi connectivity index (χ0v) is 18.8. The first-order valence-corrected chi connectivity index (χ1v) is 10.7. The Balaban J connectivity index is 1.41. The average Bonchev–Trinajstić information content (AvgIpc) is 3.39. The molecule has 176 valence electrons. The highest BCUT2D eigenvalue weighted by Gasteiger charge is 2.29. The Bertz CT molecular complexity index is 1170. The summed E-state index contributed by atoms with van der Waals surface area (Å²) in [5.41, 5.74) is 4.49. The number of aliphatic carboxylic acids is 1. The third-order valence-corrected chi connectivity index (χ3v) is 5.60. The molecule has 2 amide bonds. The molecule has 1 aromatic heterocycles. The minimum atomic E-state index is -1.18. The average molecular weight is 463 g/mol. The van der Waals surface area contributed by atoms with Gasteiger partial charge in [-0.05, 0) is 36.3 Å². The number of rotatable bonds is 8. The number of carboxylic acids is 1. The van der Waals surface area contributed by atoms with Crippen LogP contribution in [0.15, 0.2) is 65.3 Å². The summed E-state index contributed by atoms with van der Waals surface area (Å²) in [6.45, 7) is 0.208. The zero-order chi connectivity index (χ0) is 24.2. The SMILES string of the molecule is CN(C)CC(NC(=O)c1occc1NC(=O)OCC1c2ccccc2-c2ccccc21)C(=O)O. The molecular weight excluding hydrogens is 438 g/mol. The van der Waals surface area contributed by atoms with Gasteiger partial charge in [0.25, 0.3) is 5.91 Å². The number of amides is 2. The molecule has 0 spiro atoms. The van der Waals surface area contributed by atoms with Crippen LogP contribution >= 0.6 is 0 Å². The fraction of sp³-hybridized carbons (Fsp3) is 0.240. The molecule has 3 N–H and O–H groups in total. The van der Waals surface area contributed by atoms with Crippen molar-refractivity contribution in [1.29, 1.82) is 0 Å². The molecule has 0 fully saturated rings. The van der Waals surface area contributed by atoms with E-state index in [1.165, 1.54) is 12.3 Å². The fourth-order valence-electron chi connectivity index (χ4n) is 4.10. The molecule has 9 nitrogen and oxygen atoms in total. The van der Waals surface area contributed by atoms with E-state index in [0.717, 1.165) is 22.3 Å². The van der Waals surface area contributed by atoms with Crippen LogP contribution in [0.4, 0.5) is 10.5 Å². The van der Waals surface area contributed by atoms with Crippen LogP contribution in [0.25, 0.3) is 11.1 Å². The number of nitrogens with one attached hydrogen (secondary N) is 2. The first-order chi connectivity index (χ1) is 16.3. The Hall–Kier alpha value is -4.11. The molecule has 0 bridgehead atoms. The van der Waals surface area contributed by atoms with Gasteiger partial charge in [0.05, 0.1) is 12.0 Å². The van der Waals surface area contributed by atoms with E-state index in [-0.39, 0.29) is 30.5 Å². The van der Waals surface area contributed by atoms with Crippen molar-refractivity contribution in [3.8, 4) is 11.1 Å². The van der Waals surface area contributed by atoms with Crippen LogP contribution in [-0.2, 0) is 9.53 Å². The molecule has 1 aliphatic rings. The molecule has 3 aromatic rings. The van der Waals surface area contributed by atoms with Crippen molar-refractivity contribution in [3.63, 3.8) is 0 Å². The highest BCUT2D eigenvalue weighted by Crippen LogP contribution is 2.44. The van der Waals surface area contributed by atoms with Crippen LogP contribution in [0.5, 0.6) is 0 Å². The lowest BCUT2D eigenvalue weighted by atomic mass is 9.98. The molecule has 1 atom stereocenters. The van der Waals surface area contributed by atoms with Crippen molar-refractivity contribution in [2.24, 2.45) is 0 Å². The molecule has 2 aromatic carbocycles.